The number of alkyl halides is 3. The van der Waals surface area contributed by atoms with E-state index in [1.165, 1.54) is 0 Å². The van der Waals surface area contributed by atoms with Gasteiger partial charge in [-0.2, -0.15) is 23.2 Å². The van der Waals surface area contributed by atoms with Crippen molar-refractivity contribution in [2.24, 2.45) is 5.18 Å². The molecule has 0 saturated carbocycles. The molecule has 12 heteroatoms. The summed E-state index contributed by atoms with van der Waals surface area (Å²) in [6.45, 7) is -1.95. The number of hydrogen-bond acceptors (Lipinski definition) is 6. The third kappa shape index (κ3) is 4.59. The topological polar surface area (TPSA) is 119 Å². The molecule has 0 radical (unpaired) electrons. The molecule has 0 spiro atoms. The summed E-state index contributed by atoms with van der Waals surface area (Å²) < 4.78 is 38.2. The van der Waals surface area contributed by atoms with Crippen molar-refractivity contribution in [1.29, 1.82) is 0 Å². The van der Waals surface area contributed by atoms with Gasteiger partial charge in [0.25, 0.3) is 11.6 Å². The lowest BCUT2D eigenvalue weighted by Gasteiger charge is -2.12. The molecule has 0 aliphatic heterocycles. The fraction of sp³-hybridized carbons (Fsp3) is 0.231. The molecule has 2 rings (SSSR count). The molecule has 1 N–H and O–H groups in total. The van der Waals surface area contributed by atoms with Gasteiger partial charge in [-0.15, -0.1) is 0 Å². The summed E-state index contributed by atoms with van der Waals surface area (Å²) in [6, 6.07) is 4.46. The van der Waals surface area contributed by atoms with Gasteiger partial charge < -0.3 is 5.32 Å². The fourth-order valence-electron chi connectivity index (χ4n) is 1.96. The second-order valence-corrected chi connectivity index (χ2v) is 4.84. The van der Waals surface area contributed by atoms with Gasteiger partial charge in [0.2, 0.25) is 0 Å². The highest BCUT2D eigenvalue weighted by atomic mass is 19.4. The summed E-state index contributed by atoms with van der Waals surface area (Å²) in [5.41, 5.74) is -0.255. The van der Waals surface area contributed by atoms with E-state index in [0.29, 0.717) is 4.68 Å². The summed E-state index contributed by atoms with van der Waals surface area (Å²) in [4.78, 5) is 32.5. The average Bonchev–Trinajstić information content (AvgIpc) is 2.88. The third-order valence-corrected chi connectivity index (χ3v) is 3.05. The lowest BCUT2D eigenvalue weighted by Crippen LogP contribution is -2.23. The van der Waals surface area contributed by atoms with Crippen LogP contribution in [-0.2, 0) is 13.1 Å². The van der Waals surface area contributed by atoms with E-state index < -0.39 is 30.1 Å². The van der Waals surface area contributed by atoms with Crippen molar-refractivity contribution < 1.29 is 22.9 Å². The van der Waals surface area contributed by atoms with Crippen molar-refractivity contribution >= 4 is 17.4 Å². The SMILES string of the molecule is O=NCc1cnn(CC(F)(F)F)c1NC(=O)c1ccc([N+](=O)[O-])cc1. The molecule has 25 heavy (non-hydrogen) atoms. The Morgan fingerprint density at radius 3 is 2.48 bits per heavy atom. The quantitative estimate of drug-likeness (QED) is 0.484. The average molecular weight is 357 g/mol. The molecular weight excluding hydrogens is 347 g/mol. The number of aromatic nitrogens is 2. The third-order valence-electron chi connectivity index (χ3n) is 3.05. The molecular formula is C13H10F3N5O4. The molecule has 0 aliphatic carbocycles. The number of nitrogens with zero attached hydrogens (tertiary/aromatic N) is 4. The summed E-state index contributed by atoms with van der Waals surface area (Å²) >= 11 is 0. The van der Waals surface area contributed by atoms with Crippen LogP contribution in [0.3, 0.4) is 0 Å². The van der Waals surface area contributed by atoms with E-state index in [4.69, 9.17) is 0 Å². The molecule has 1 aromatic carbocycles. The maximum atomic E-state index is 12.6. The van der Waals surface area contributed by atoms with E-state index >= 15 is 0 Å². The monoisotopic (exact) mass is 357 g/mol. The van der Waals surface area contributed by atoms with E-state index in [2.05, 4.69) is 15.6 Å². The van der Waals surface area contributed by atoms with Crippen LogP contribution in [0.25, 0.3) is 0 Å². The van der Waals surface area contributed by atoms with E-state index in [1.54, 1.807) is 0 Å². The van der Waals surface area contributed by atoms with Crippen LogP contribution in [-0.4, -0.2) is 26.8 Å². The van der Waals surface area contributed by atoms with Crippen LogP contribution in [0.5, 0.6) is 0 Å². The number of nitrogens with one attached hydrogen (secondary N) is 1. The highest BCUT2D eigenvalue weighted by Crippen LogP contribution is 2.24. The number of hydrogen-bond donors (Lipinski definition) is 1. The molecule has 0 unspecified atom stereocenters. The Bertz CT molecular complexity index is 801. The number of halogens is 3. The van der Waals surface area contributed by atoms with Gasteiger partial charge in [-0.3, -0.25) is 14.9 Å². The van der Waals surface area contributed by atoms with Gasteiger partial charge in [0.05, 0.1) is 11.1 Å². The minimum Gasteiger partial charge on any atom is -0.306 e. The fourth-order valence-corrected chi connectivity index (χ4v) is 1.96. The maximum Gasteiger partial charge on any atom is 0.408 e. The number of nitro groups is 1. The zero-order valence-corrected chi connectivity index (χ0v) is 12.4. The number of anilines is 1. The predicted molar refractivity (Wildman–Crippen MR) is 78.8 cm³/mol. The van der Waals surface area contributed by atoms with Crippen LogP contribution < -0.4 is 5.32 Å². The van der Waals surface area contributed by atoms with Crippen molar-refractivity contribution in [1.82, 2.24) is 9.78 Å². The van der Waals surface area contributed by atoms with E-state index in [0.717, 1.165) is 30.5 Å². The van der Waals surface area contributed by atoms with Crippen LogP contribution in [0, 0.1) is 15.0 Å². The smallest absolute Gasteiger partial charge is 0.306 e. The number of non-ortho nitro benzene ring substituents is 1. The number of rotatable bonds is 6. The first kappa shape index (κ1) is 18.0. The first-order valence-electron chi connectivity index (χ1n) is 6.67. The van der Waals surface area contributed by atoms with Crippen LogP contribution >= 0.6 is 0 Å². The van der Waals surface area contributed by atoms with Gasteiger partial charge in [0.1, 0.15) is 18.9 Å². The van der Waals surface area contributed by atoms with Crippen molar-refractivity contribution in [2.75, 3.05) is 5.32 Å². The Kier molecular flexibility index (Phi) is 5.10. The second kappa shape index (κ2) is 7.07. The van der Waals surface area contributed by atoms with Gasteiger partial charge in [-0.25, -0.2) is 4.68 Å². The summed E-state index contributed by atoms with van der Waals surface area (Å²) in [6.07, 6.45) is -3.59. The van der Waals surface area contributed by atoms with E-state index in [1.807, 2.05) is 0 Å². The summed E-state index contributed by atoms with van der Waals surface area (Å²) in [7, 11) is 0. The largest absolute Gasteiger partial charge is 0.408 e. The molecule has 0 aliphatic rings. The molecule has 9 nitrogen and oxygen atoms in total. The number of benzene rings is 1. The first-order chi connectivity index (χ1) is 11.7. The zero-order valence-electron chi connectivity index (χ0n) is 12.4. The van der Waals surface area contributed by atoms with Gasteiger partial charge in [0.15, 0.2) is 0 Å². The molecule has 1 aromatic heterocycles. The van der Waals surface area contributed by atoms with Crippen molar-refractivity contribution in [3.63, 3.8) is 0 Å². The Balaban J connectivity index is 2.27. The van der Waals surface area contributed by atoms with Gasteiger partial charge in [-0.05, 0) is 12.1 Å². The molecule has 0 fully saturated rings. The number of carbonyl (C=O) groups excluding carboxylic acids is 1. The Morgan fingerprint density at radius 2 is 1.96 bits per heavy atom. The minimum atomic E-state index is -4.59. The van der Waals surface area contributed by atoms with Gasteiger partial charge >= 0.3 is 6.18 Å². The molecule has 0 atom stereocenters. The second-order valence-electron chi connectivity index (χ2n) is 4.84. The molecule has 1 amide bonds. The highest BCUT2D eigenvalue weighted by molar-refractivity contribution is 6.04. The maximum absolute atomic E-state index is 12.6. The molecule has 2 aromatic rings. The highest BCUT2D eigenvalue weighted by Gasteiger charge is 2.30. The van der Waals surface area contributed by atoms with Crippen LogP contribution in [0.15, 0.2) is 35.6 Å². The lowest BCUT2D eigenvalue weighted by molar-refractivity contribution is -0.384. The van der Waals surface area contributed by atoms with E-state index in [-0.39, 0.29) is 22.6 Å². The van der Waals surface area contributed by atoms with Crippen LogP contribution in [0.1, 0.15) is 15.9 Å². The standard InChI is InChI=1S/C13H10F3N5O4/c14-13(15,16)7-20-11(9(5-17-20)6-18-23)19-12(22)8-1-3-10(4-2-8)21(24)25/h1-5H,6-7H2,(H,19,22). The summed E-state index contributed by atoms with van der Waals surface area (Å²) in [5.74, 6) is -1.13. The van der Waals surface area contributed by atoms with Crippen molar-refractivity contribution in [3.05, 3.63) is 56.6 Å². The molecule has 0 bridgehead atoms. The number of amides is 1. The number of nitroso groups, excluding NO2 is 1. The molecule has 0 saturated heterocycles. The Morgan fingerprint density at radius 1 is 1.32 bits per heavy atom. The molecule has 132 valence electrons. The summed E-state index contributed by atoms with van der Waals surface area (Å²) in [5, 5.41) is 18.9. The lowest BCUT2D eigenvalue weighted by atomic mass is 10.2. The van der Waals surface area contributed by atoms with Crippen LogP contribution in [0.4, 0.5) is 24.7 Å². The first-order valence-corrected chi connectivity index (χ1v) is 6.67. The van der Waals surface area contributed by atoms with Crippen LogP contribution in [0.2, 0.25) is 0 Å². The van der Waals surface area contributed by atoms with Gasteiger partial charge in [0, 0.05) is 23.3 Å². The number of carbonyl (C=O) groups is 1. The van der Waals surface area contributed by atoms with Gasteiger partial charge in [-0.1, -0.05) is 5.18 Å². The Labute approximate surface area is 137 Å². The molecule has 1 heterocycles. The predicted octanol–water partition coefficient (Wildman–Crippen LogP) is 2.87. The van der Waals surface area contributed by atoms with Crippen molar-refractivity contribution in [3.8, 4) is 0 Å². The van der Waals surface area contributed by atoms with E-state index in [9.17, 15) is 33.0 Å². The Hall–Kier alpha value is -3.31. The zero-order chi connectivity index (χ0) is 18.6. The minimum absolute atomic E-state index is 0.00881. The van der Waals surface area contributed by atoms with Crippen molar-refractivity contribution in [2.45, 2.75) is 19.3 Å². The normalized spacial score (nSPS) is 11.2. The number of nitro benzene ring substituents is 1.